The fourth-order valence-corrected chi connectivity index (χ4v) is 16.6. The van der Waals surface area contributed by atoms with Gasteiger partial charge in [-0.15, -0.1) is 0 Å². The third kappa shape index (κ3) is 5.04. The summed E-state index contributed by atoms with van der Waals surface area (Å²) in [4.78, 5) is 0. The maximum absolute atomic E-state index is 5.66. The van der Waals surface area contributed by atoms with Gasteiger partial charge in [-0.2, -0.15) is 12.6 Å². The van der Waals surface area contributed by atoms with Gasteiger partial charge in [-0.05, 0) is 166 Å². The van der Waals surface area contributed by atoms with Crippen molar-refractivity contribution < 1.29 is 0 Å². The second kappa shape index (κ2) is 12.2. The van der Waals surface area contributed by atoms with Gasteiger partial charge >= 0.3 is 0 Å². The monoisotopic (exact) mass is 593 g/mol. The van der Waals surface area contributed by atoms with Crippen LogP contribution in [0.3, 0.4) is 0 Å². The van der Waals surface area contributed by atoms with E-state index in [0.29, 0.717) is 0 Å². The molecule has 0 aliphatic heterocycles. The fourth-order valence-electron chi connectivity index (χ4n) is 15.9. The lowest BCUT2D eigenvalue weighted by molar-refractivity contribution is -0.0981. The Bertz CT molecular complexity index is 914. The average molecular weight is 593 g/mol. The smallest absolute Gasteiger partial charge is 0.0163 e. The predicted molar refractivity (Wildman–Crippen MR) is 182 cm³/mol. The molecule has 8 rings (SSSR count). The number of hydrogen-bond acceptors (Lipinski definition) is 1. The second-order valence-corrected chi connectivity index (χ2v) is 19.5. The molecule has 0 spiro atoms. The molecule has 0 amide bonds. The Labute approximate surface area is 266 Å². The van der Waals surface area contributed by atoms with Crippen LogP contribution in [0.1, 0.15) is 162 Å². The first-order valence-electron chi connectivity index (χ1n) is 20.3. The molecule has 8 aliphatic rings. The Hall–Kier alpha value is 0.350. The van der Waals surface area contributed by atoms with E-state index in [4.69, 9.17) is 12.6 Å². The van der Waals surface area contributed by atoms with Gasteiger partial charge in [-0.1, -0.05) is 84.5 Å². The third-order valence-corrected chi connectivity index (χ3v) is 18.0. The predicted octanol–water partition coefficient (Wildman–Crippen LogP) is 12.0. The molecular formula is C41H68S. The molecular weight excluding hydrogens is 525 g/mol. The minimum absolute atomic E-state index is 0.276. The van der Waals surface area contributed by atoms with Crippen molar-refractivity contribution in [2.24, 2.45) is 88.8 Å². The first-order valence-corrected chi connectivity index (χ1v) is 20.7. The molecule has 238 valence electrons. The van der Waals surface area contributed by atoms with Gasteiger partial charge in [-0.3, -0.25) is 0 Å². The number of thiol groups is 1. The molecule has 0 nitrogen and oxygen atoms in total. The van der Waals surface area contributed by atoms with Gasteiger partial charge in [0, 0.05) is 4.75 Å². The largest absolute Gasteiger partial charge is 0.172 e. The van der Waals surface area contributed by atoms with Gasteiger partial charge in [-0.25, -0.2) is 0 Å². The van der Waals surface area contributed by atoms with Crippen LogP contribution < -0.4 is 0 Å². The highest BCUT2D eigenvalue weighted by atomic mass is 32.1. The summed E-state index contributed by atoms with van der Waals surface area (Å²) >= 11 is 5.66. The zero-order chi connectivity index (χ0) is 28.4. The third-order valence-electron chi connectivity index (χ3n) is 17.3. The summed E-state index contributed by atoms with van der Waals surface area (Å²) in [6, 6.07) is 0. The van der Waals surface area contributed by atoms with Crippen LogP contribution in [0, 0.1) is 88.8 Å². The van der Waals surface area contributed by atoms with Crippen LogP contribution in [-0.4, -0.2) is 4.75 Å². The molecule has 0 heterocycles. The molecule has 0 aromatic heterocycles. The zero-order valence-electron chi connectivity index (χ0n) is 27.9. The van der Waals surface area contributed by atoms with Crippen molar-refractivity contribution >= 4 is 12.6 Å². The highest BCUT2D eigenvalue weighted by Crippen LogP contribution is 2.64. The molecule has 0 aromatic rings. The molecule has 16 atom stereocenters. The van der Waals surface area contributed by atoms with Crippen molar-refractivity contribution in [3.63, 3.8) is 0 Å². The molecule has 0 bridgehead atoms. The van der Waals surface area contributed by atoms with E-state index < -0.39 is 0 Å². The van der Waals surface area contributed by atoms with Crippen LogP contribution in [0.2, 0.25) is 0 Å². The quantitative estimate of drug-likeness (QED) is 0.291. The van der Waals surface area contributed by atoms with Gasteiger partial charge in [0.05, 0.1) is 0 Å². The lowest BCUT2D eigenvalue weighted by Gasteiger charge is -2.59. The standard InChI is InChI=1S/C41H68S/c1-3-37-35(16-8-11-27-17-18-30-20-19-28-12-6-13-29-21-23-34(27)40(30)39(28)29)36-24-22-31(25-38(36)41(37,2)42)33-15-7-10-26-9-4-5-14-32(26)33/h26-40,42H,3-25H2,1-2H3. The van der Waals surface area contributed by atoms with Crippen molar-refractivity contribution in [3.05, 3.63) is 0 Å². The molecule has 8 saturated carbocycles. The van der Waals surface area contributed by atoms with Gasteiger partial charge < -0.3 is 0 Å². The van der Waals surface area contributed by atoms with E-state index in [1.165, 1.54) is 19.3 Å². The zero-order valence-corrected chi connectivity index (χ0v) is 28.8. The molecule has 0 N–H and O–H groups in total. The highest BCUT2D eigenvalue weighted by Gasteiger charge is 2.57. The van der Waals surface area contributed by atoms with Crippen molar-refractivity contribution in [3.8, 4) is 0 Å². The van der Waals surface area contributed by atoms with Crippen molar-refractivity contribution in [2.75, 3.05) is 0 Å². The summed E-state index contributed by atoms with van der Waals surface area (Å²) in [7, 11) is 0. The molecule has 0 saturated heterocycles. The SMILES string of the molecule is CCC1C(CCCC2CCC3CCC4CCCC5CCC2C3C45)C2CCC(C3CCCC4CCCCC43)CC2C1(C)S. The Kier molecular flexibility index (Phi) is 8.62. The summed E-state index contributed by atoms with van der Waals surface area (Å²) in [6.45, 7) is 5.15. The van der Waals surface area contributed by atoms with Crippen molar-refractivity contribution in [1.82, 2.24) is 0 Å². The minimum Gasteiger partial charge on any atom is -0.172 e. The van der Waals surface area contributed by atoms with Gasteiger partial charge in [0.25, 0.3) is 0 Å². The van der Waals surface area contributed by atoms with E-state index >= 15 is 0 Å². The first kappa shape index (κ1) is 29.7. The lowest BCUT2D eigenvalue weighted by atomic mass is 9.46. The van der Waals surface area contributed by atoms with E-state index in [-0.39, 0.29) is 4.75 Å². The Morgan fingerprint density at radius 3 is 1.98 bits per heavy atom. The highest BCUT2D eigenvalue weighted by molar-refractivity contribution is 7.81. The van der Waals surface area contributed by atoms with Gasteiger partial charge in [0.2, 0.25) is 0 Å². The van der Waals surface area contributed by atoms with E-state index in [1.807, 2.05) is 0 Å². The van der Waals surface area contributed by atoms with Crippen LogP contribution in [0.25, 0.3) is 0 Å². The number of hydrogen-bond donors (Lipinski definition) is 1. The van der Waals surface area contributed by atoms with Crippen LogP contribution in [0.5, 0.6) is 0 Å². The van der Waals surface area contributed by atoms with Crippen LogP contribution in [-0.2, 0) is 0 Å². The molecule has 42 heavy (non-hydrogen) atoms. The normalized spacial score (nSPS) is 55.4. The van der Waals surface area contributed by atoms with Crippen LogP contribution >= 0.6 is 12.6 Å². The maximum Gasteiger partial charge on any atom is 0.0163 e. The summed E-state index contributed by atoms with van der Waals surface area (Å²) in [5.74, 6) is 15.9. The van der Waals surface area contributed by atoms with Crippen molar-refractivity contribution in [2.45, 2.75) is 166 Å². The average Bonchev–Trinajstić information content (AvgIpc) is 3.24. The van der Waals surface area contributed by atoms with Crippen molar-refractivity contribution in [1.29, 1.82) is 0 Å². The Morgan fingerprint density at radius 2 is 1.14 bits per heavy atom. The summed E-state index contributed by atoms with van der Waals surface area (Å²) in [6.07, 6.45) is 36.0. The topological polar surface area (TPSA) is 0 Å². The summed E-state index contributed by atoms with van der Waals surface area (Å²) in [5.41, 5.74) is 0. The Morgan fingerprint density at radius 1 is 0.548 bits per heavy atom. The molecule has 1 heteroatoms. The Balaban J connectivity index is 0.919. The molecule has 0 radical (unpaired) electrons. The summed E-state index contributed by atoms with van der Waals surface area (Å²) in [5, 5.41) is 0. The number of rotatable bonds is 6. The fraction of sp³-hybridized carbons (Fsp3) is 1.00. The van der Waals surface area contributed by atoms with Crippen LogP contribution in [0.15, 0.2) is 0 Å². The first-order chi connectivity index (χ1) is 20.5. The molecule has 0 aromatic carbocycles. The minimum atomic E-state index is 0.276. The van der Waals surface area contributed by atoms with Gasteiger partial charge in [0.15, 0.2) is 0 Å². The molecule has 8 aliphatic carbocycles. The van der Waals surface area contributed by atoms with Crippen LogP contribution in [0.4, 0.5) is 0 Å². The van der Waals surface area contributed by atoms with E-state index in [2.05, 4.69) is 13.8 Å². The molecule has 16 unspecified atom stereocenters. The maximum atomic E-state index is 5.66. The lowest BCUT2D eigenvalue weighted by Crippen LogP contribution is -2.51. The summed E-state index contributed by atoms with van der Waals surface area (Å²) < 4.78 is 0.276. The van der Waals surface area contributed by atoms with E-state index in [9.17, 15) is 0 Å². The van der Waals surface area contributed by atoms with E-state index in [0.717, 1.165) is 88.8 Å². The second-order valence-electron chi connectivity index (χ2n) is 18.5. The molecule has 8 fully saturated rings. The van der Waals surface area contributed by atoms with Gasteiger partial charge in [0.1, 0.15) is 0 Å². The number of fused-ring (bicyclic) bond motifs is 2. The van der Waals surface area contributed by atoms with E-state index in [1.54, 1.807) is 128 Å².